The molecule has 4 aromatic rings. The highest BCUT2D eigenvalue weighted by Gasteiger charge is 2.33. The number of aromatic nitrogens is 1. The van der Waals surface area contributed by atoms with E-state index in [1.165, 1.54) is 42.6 Å². The number of halogens is 2. The zero-order valence-corrected chi connectivity index (χ0v) is 27.2. The normalized spacial score (nSPS) is 12.1. The van der Waals surface area contributed by atoms with Gasteiger partial charge in [0.25, 0.3) is 15.9 Å². The first-order valence-corrected chi connectivity index (χ1v) is 15.6. The molecule has 0 aliphatic carbocycles. The minimum absolute atomic E-state index is 0.0309. The summed E-state index contributed by atoms with van der Waals surface area (Å²) in [6, 6.07) is 16.3. The van der Waals surface area contributed by atoms with Gasteiger partial charge in [0.1, 0.15) is 11.2 Å². The maximum Gasteiger partial charge on any atom is 0.422 e. The van der Waals surface area contributed by atoms with E-state index in [-0.39, 0.29) is 42.8 Å². The molecular formula is C31H31Cl2N3O7S. The maximum atomic E-state index is 14.1. The lowest BCUT2D eigenvalue weighted by molar-refractivity contribution is 0.0541. The van der Waals surface area contributed by atoms with Crippen molar-refractivity contribution in [3.8, 4) is 0 Å². The molecule has 13 heteroatoms. The molecule has 0 radical (unpaired) electrons. The standard InChI is InChI=1S/C31H31Cl2N3O7S/c1-30(2,3)42-28(38)35-18-25(27(37)36(22-10-8-7-9-11-22)29(39)43-31(4,5)6)24-13-12-21(17-26(24)35)34-44(40,41)23-15-19(32)14-20(33)16-23/h7-18,34H,1-6H3. The number of hydrogen-bond acceptors (Lipinski definition) is 7. The van der Waals surface area contributed by atoms with Crippen LogP contribution >= 0.6 is 23.2 Å². The van der Waals surface area contributed by atoms with Crippen molar-refractivity contribution >= 4 is 73.6 Å². The predicted molar refractivity (Wildman–Crippen MR) is 170 cm³/mol. The fraction of sp³-hybridized carbons (Fsp3) is 0.258. The van der Waals surface area contributed by atoms with Gasteiger partial charge in [-0.25, -0.2) is 22.9 Å². The molecule has 0 aliphatic rings. The lowest BCUT2D eigenvalue weighted by atomic mass is 10.1. The second kappa shape index (κ2) is 12.1. The van der Waals surface area contributed by atoms with Crippen LogP contribution in [0.3, 0.4) is 0 Å². The molecule has 0 saturated carbocycles. The SMILES string of the molecule is CC(C)(C)OC(=O)N(C(=O)c1cn(C(=O)OC(C)(C)C)c2cc(NS(=O)(=O)c3cc(Cl)cc(Cl)c3)ccc12)c1ccccc1. The Bertz CT molecular complexity index is 1840. The zero-order valence-electron chi connectivity index (χ0n) is 24.8. The third-order valence-corrected chi connectivity index (χ3v) is 7.62. The van der Waals surface area contributed by atoms with E-state index in [2.05, 4.69) is 4.72 Å². The Labute approximate surface area is 265 Å². The van der Waals surface area contributed by atoms with E-state index >= 15 is 0 Å². The molecule has 1 aromatic heterocycles. The lowest BCUT2D eigenvalue weighted by Crippen LogP contribution is -2.41. The van der Waals surface area contributed by atoms with Crippen LogP contribution in [0.25, 0.3) is 10.9 Å². The highest BCUT2D eigenvalue weighted by Crippen LogP contribution is 2.31. The molecule has 0 saturated heterocycles. The number of sulfonamides is 1. The summed E-state index contributed by atoms with van der Waals surface area (Å²) in [5, 5.41) is 0.505. The minimum Gasteiger partial charge on any atom is -0.443 e. The first kappa shape index (κ1) is 32.8. The third-order valence-electron chi connectivity index (χ3n) is 5.82. The molecule has 0 bridgehead atoms. The number of carbonyl (C=O) groups excluding carboxylic acids is 3. The van der Waals surface area contributed by atoms with Crippen molar-refractivity contribution in [2.45, 2.75) is 57.6 Å². The molecule has 10 nitrogen and oxygen atoms in total. The van der Waals surface area contributed by atoms with Crippen molar-refractivity contribution in [1.29, 1.82) is 0 Å². The average Bonchev–Trinajstić information content (AvgIpc) is 3.26. The number of amides is 2. The van der Waals surface area contributed by atoms with E-state index in [0.717, 1.165) is 9.47 Å². The summed E-state index contributed by atoms with van der Waals surface area (Å²) in [6.07, 6.45) is -0.501. The molecular weight excluding hydrogens is 629 g/mol. The Morgan fingerprint density at radius 1 is 0.818 bits per heavy atom. The van der Waals surface area contributed by atoms with Crippen LogP contribution in [0.15, 0.2) is 77.8 Å². The Hall–Kier alpha value is -4.06. The van der Waals surface area contributed by atoms with Gasteiger partial charge in [-0.1, -0.05) is 41.4 Å². The third kappa shape index (κ3) is 7.71. The molecule has 232 valence electrons. The van der Waals surface area contributed by atoms with E-state index in [1.807, 2.05) is 0 Å². The molecule has 3 aromatic carbocycles. The second-order valence-electron chi connectivity index (χ2n) is 11.8. The number of nitrogens with one attached hydrogen (secondary N) is 1. The highest BCUT2D eigenvalue weighted by atomic mass is 35.5. The number of rotatable bonds is 5. The Balaban J connectivity index is 1.85. The monoisotopic (exact) mass is 659 g/mol. The first-order valence-electron chi connectivity index (χ1n) is 13.3. The van der Waals surface area contributed by atoms with Crippen LogP contribution in [0.1, 0.15) is 51.9 Å². The number of benzene rings is 3. The highest BCUT2D eigenvalue weighted by molar-refractivity contribution is 7.92. The fourth-order valence-corrected chi connectivity index (χ4v) is 5.91. The Morgan fingerprint density at radius 2 is 1.41 bits per heavy atom. The summed E-state index contributed by atoms with van der Waals surface area (Å²) >= 11 is 12.0. The molecule has 0 atom stereocenters. The summed E-state index contributed by atoms with van der Waals surface area (Å²) in [4.78, 5) is 41.4. The molecule has 1 heterocycles. The molecule has 0 aliphatic heterocycles. The van der Waals surface area contributed by atoms with Crippen LogP contribution in [0, 0.1) is 0 Å². The molecule has 44 heavy (non-hydrogen) atoms. The average molecular weight is 661 g/mol. The van der Waals surface area contributed by atoms with Crippen LogP contribution in [-0.2, 0) is 19.5 Å². The summed E-state index contributed by atoms with van der Waals surface area (Å²) in [6.45, 7) is 10.1. The summed E-state index contributed by atoms with van der Waals surface area (Å²) in [5.74, 6) is -0.778. The summed E-state index contributed by atoms with van der Waals surface area (Å²) < 4.78 is 40.9. The molecule has 0 unspecified atom stereocenters. The van der Waals surface area contributed by atoms with Crippen molar-refractivity contribution in [2.24, 2.45) is 0 Å². The van der Waals surface area contributed by atoms with E-state index in [0.29, 0.717) is 0 Å². The van der Waals surface area contributed by atoms with Gasteiger partial charge in [-0.2, -0.15) is 0 Å². The van der Waals surface area contributed by atoms with Gasteiger partial charge in [-0.15, -0.1) is 0 Å². The zero-order chi connectivity index (χ0) is 32.6. The molecule has 0 spiro atoms. The number of fused-ring (bicyclic) bond motifs is 1. The number of carbonyl (C=O) groups is 3. The van der Waals surface area contributed by atoms with Crippen molar-refractivity contribution in [3.05, 3.63) is 88.5 Å². The van der Waals surface area contributed by atoms with E-state index in [1.54, 1.807) is 71.9 Å². The summed E-state index contributed by atoms with van der Waals surface area (Å²) in [7, 11) is -4.16. The Kier molecular flexibility index (Phi) is 9.06. The predicted octanol–water partition coefficient (Wildman–Crippen LogP) is 8.11. The number of anilines is 2. The second-order valence-corrected chi connectivity index (χ2v) is 14.3. The van der Waals surface area contributed by atoms with Gasteiger partial charge in [0.15, 0.2) is 0 Å². The van der Waals surface area contributed by atoms with Crippen LogP contribution < -0.4 is 9.62 Å². The fourth-order valence-electron chi connectivity index (χ4n) is 4.13. The van der Waals surface area contributed by atoms with E-state index < -0.39 is 39.3 Å². The van der Waals surface area contributed by atoms with E-state index in [9.17, 15) is 22.8 Å². The van der Waals surface area contributed by atoms with Gasteiger partial charge < -0.3 is 9.47 Å². The van der Waals surface area contributed by atoms with Crippen LogP contribution in [0.5, 0.6) is 0 Å². The van der Waals surface area contributed by atoms with E-state index in [4.69, 9.17) is 32.7 Å². The minimum atomic E-state index is -4.16. The molecule has 4 rings (SSSR count). The number of para-hydroxylation sites is 1. The summed E-state index contributed by atoms with van der Waals surface area (Å²) in [5.41, 5.74) is -1.37. The Morgan fingerprint density at radius 3 is 1.98 bits per heavy atom. The largest absolute Gasteiger partial charge is 0.443 e. The first-order chi connectivity index (χ1) is 20.3. The molecule has 2 amide bonds. The number of hydrogen-bond donors (Lipinski definition) is 1. The van der Waals surface area contributed by atoms with Gasteiger partial charge >= 0.3 is 12.2 Å². The van der Waals surface area contributed by atoms with Gasteiger partial charge in [0, 0.05) is 21.6 Å². The smallest absolute Gasteiger partial charge is 0.422 e. The van der Waals surface area contributed by atoms with Crippen molar-refractivity contribution in [2.75, 3.05) is 9.62 Å². The van der Waals surface area contributed by atoms with Crippen molar-refractivity contribution in [1.82, 2.24) is 4.57 Å². The van der Waals surface area contributed by atoms with Crippen molar-refractivity contribution < 1.29 is 32.3 Å². The van der Waals surface area contributed by atoms with Crippen LogP contribution in [-0.4, -0.2) is 42.3 Å². The molecule has 0 fully saturated rings. The van der Waals surface area contributed by atoms with Gasteiger partial charge in [-0.05, 0) is 90.1 Å². The quantitative estimate of drug-likeness (QED) is 0.229. The number of nitrogens with zero attached hydrogens (tertiary/aromatic N) is 2. The lowest BCUT2D eigenvalue weighted by Gasteiger charge is -2.26. The van der Waals surface area contributed by atoms with Crippen molar-refractivity contribution in [3.63, 3.8) is 0 Å². The van der Waals surface area contributed by atoms with Crippen LogP contribution in [0.4, 0.5) is 21.0 Å². The van der Waals surface area contributed by atoms with Gasteiger partial charge in [-0.3, -0.25) is 14.1 Å². The number of imide groups is 1. The van der Waals surface area contributed by atoms with Gasteiger partial charge in [0.2, 0.25) is 0 Å². The van der Waals surface area contributed by atoms with Crippen LogP contribution in [0.2, 0.25) is 10.0 Å². The van der Waals surface area contributed by atoms with Gasteiger partial charge in [0.05, 0.1) is 27.4 Å². The maximum absolute atomic E-state index is 14.1. The molecule has 1 N–H and O–H groups in total. The topological polar surface area (TPSA) is 124 Å². The number of ether oxygens (including phenoxy) is 2.